The molecule has 1 atom stereocenters. The Kier molecular flexibility index (Phi) is 5.00. The molecule has 0 aliphatic carbocycles. The molecule has 0 saturated heterocycles. The fraction of sp³-hybridized carbons (Fsp3) is 0.118. The minimum atomic E-state index is -3.86. The van der Waals surface area contributed by atoms with E-state index in [0.717, 1.165) is 0 Å². The number of anilines is 1. The van der Waals surface area contributed by atoms with E-state index >= 15 is 0 Å². The standard InChI is InChI=1S/C17H16N2O4S2/c1-2-24(20)17-16(15(18-23-17)13-9-5-3-6-10-13)19-25(21,22)14-11-7-4-8-12-14/h3-12,19H,2H2,1H3. The summed E-state index contributed by atoms with van der Waals surface area (Å²) in [7, 11) is -5.36. The van der Waals surface area contributed by atoms with Crippen molar-refractivity contribution in [3.63, 3.8) is 0 Å². The maximum absolute atomic E-state index is 12.7. The Bertz CT molecular complexity index is 984. The summed E-state index contributed by atoms with van der Waals surface area (Å²) in [5, 5.41) is 3.95. The average Bonchev–Trinajstić information content (AvgIpc) is 3.05. The van der Waals surface area contributed by atoms with Gasteiger partial charge in [-0.05, 0) is 12.1 Å². The lowest BCUT2D eigenvalue weighted by Gasteiger charge is -2.09. The summed E-state index contributed by atoms with van der Waals surface area (Å²) in [6.45, 7) is 1.72. The molecule has 1 N–H and O–H groups in total. The summed E-state index contributed by atoms with van der Waals surface area (Å²) >= 11 is 0. The molecule has 25 heavy (non-hydrogen) atoms. The van der Waals surface area contributed by atoms with Gasteiger partial charge in [0.15, 0.2) is 0 Å². The molecule has 2 aromatic carbocycles. The minimum Gasteiger partial charge on any atom is -0.344 e. The first-order valence-corrected chi connectivity index (χ1v) is 10.3. The smallest absolute Gasteiger partial charge is 0.262 e. The molecule has 6 nitrogen and oxygen atoms in total. The van der Waals surface area contributed by atoms with Gasteiger partial charge in [0.2, 0.25) is 5.09 Å². The molecular weight excluding hydrogens is 360 g/mol. The van der Waals surface area contributed by atoms with Crippen LogP contribution >= 0.6 is 0 Å². The zero-order valence-electron chi connectivity index (χ0n) is 13.4. The average molecular weight is 376 g/mol. The van der Waals surface area contributed by atoms with E-state index in [4.69, 9.17) is 4.52 Å². The van der Waals surface area contributed by atoms with Gasteiger partial charge in [-0.25, -0.2) is 8.42 Å². The lowest BCUT2D eigenvalue weighted by molar-refractivity contribution is 0.348. The summed E-state index contributed by atoms with van der Waals surface area (Å²) in [4.78, 5) is 0.100. The van der Waals surface area contributed by atoms with Crippen LogP contribution in [0.15, 0.2) is 75.2 Å². The molecule has 1 unspecified atom stereocenters. The first-order chi connectivity index (χ1) is 12.0. The van der Waals surface area contributed by atoms with Gasteiger partial charge in [0.1, 0.15) is 11.4 Å². The summed E-state index contributed by atoms with van der Waals surface area (Å²) < 4.78 is 45.3. The third kappa shape index (κ3) is 3.64. The van der Waals surface area contributed by atoms with Gasteiger partial charge < -0.3 is 4.52 Å². The van der Waals surface area contributed by atoms with Gasteiger partial charge in [-0.2, -0.15) is 0 Å². The highest BCUT2D eigenvalue weighted by Crippen LogP contribution is 2.34. The molecular formula is C17H16N2O4S2. The fourth-order valence-electron chi connectivity index (χ4n) is 2.24. The van der Waals surface area contributed by atoms with E-state index in [1.807, 2.05) is 6.07 Å². The van der Waals surface area contributed by atoms with E-state index in [1.165, 1.54) is 12.1 Å². The van der Waals surface area contributed by atoms with Crippen molar-refractivity contribution in [3.05, 3.63) is 60.7 Å². The molecule has 0 saturated carbocycles. The molecule has 0 aliphatic heterocycles. The van der Waals surface area contributed by atoms with Crippen LogP contribution < -0.4 is 4.72 Å². The molecule has 1 heterocycles. The molecule has 3 rings (SSSR count). The maximum atomic E-state index is 12.7. The van der Waals surface area contributed by atoms with Crippen LogP contribution in [0.5, 0.6) is 0 Å². The van der Waals surface area contributed by atoms with E-state index in [1.54, 1.807) is 49.4 Å². The lowest BCUT2D eigenvalue weighted by Crippen LogP contribution is -2.14. The Labute approximate surface area is 148 Å². The molecule has 0 radical (unpaired) electrons. The van der Waals surface area contributed by atoms with Crippen molar-refractivity contribution in [2.24, 2.45) is 0 Å². The van der Waals surface area contributed by atoms with Crippen LogP contribution in [-0.2, 0) is 20.8 Å². The fourth-order valence-corrected chi connectivity index (χ4v) is 4.15. The molecule has 3 aromatic rings. The van der Waals surface area contributed by atoms with Gasteiger partial charge in [0, 0.05) is 11.3 Å². The van der Waals surface area contributed by atoms with Crippen molar-refractivity contribution >= 4 is 26.5 Å². The zero-order valence-corrected chi connectivity index (χ0v) is 15.0. The summed E-state index contributed by atoms with van der Waals surface area (Å²) in [5.41, 5.74) is 1.07. The van der Waals surface area contributed by atoms with Crippen molar-refractivity contribution in [2.75, 3.05) is 10.5 Å². The first-order valence-electron chi connectivity index (χ1n) is 7.54. The molecule has 0 amide bonds. The summed E-state index contributed by atoms with van der Waals surface area (Å²) in [5.74, 6) is 0.281. The topological polar surface area (TPSA) is 89.3 Å². The monoisotopic (exact) mass is 376 g/mol. The van der Waals surface area contributed by atoms with Crippen LogP contribution in [0.25, 0.3) is 11.3 Å². The van der Waals surface area contributed by atoms with Crippen LogP contribution in [0.2, 0.25) is 0 Å². The highest BCUT2D eigenvalue weighted by Gasteiger charge is 2.26. The molecule has 8 heteroatoms. The van der Waals surface area contributed by atoms with Gasteiger partial charge in [-0.1, -0.05) is 60.6 Å². The zero-order chi connectivity index (χ0) is 17.9. The second kappa shape index (κ2) is 7.20. The van der Waals surface area contributed by atoms with E-state index in [-0.39, 0.29) is 21.4 Å². The number of rotatable bonds is 6. The minimum absolute atomic E-state index is 0.0147. The SMILES string of the molecule is CCS(=O)c1onc(-c2ccccc2)c1NS(=O)(=O)c1ccccc1. The third-order valence-electron chi connectivity index (χ3n) is 3.47. The van der Waals surface area contributed by atoms with Crippen LogP contribution in [-0.4, -0.2) is 23.5 Å². The first kappa shape index (κ1) is 17.4. The molecule has 0 bridgehead atoms. The van der Waals surface area contributed by atoms with Crippen LogP contribution in [0.4, 0.5) is 5.69 Å². The number of hydrogen-bond donors (Lipinski definition) is 1. The second-order valence-corrected chi connectivity index (χ2v) is 8.43. The van der Waals surface area contributed by atoms with E-state index in [0.29, 0.717) is 11.3 Å². The number of nitrogens with one attached hydrogen (secondary N) is 1. The Morgan fingerprint density at radius 3 is 2.24 bits per heavy atom. The Balaban J connectivity index is 2.10. The van der Waals surface area contributed by atoms with Gasteiger partial charge in [0.25, 0.3) is 10.0 Å². The van der Waals surface area contributed by atoms with Gasteiger partial charge >= 0.3 is 0 Å². The van der Waals surface area contributed by atoms with Gasteiger partial charge in [-0.3, -0.25) is 8.93 Å². The second-order valence-electron chi connectivity index (χ2n) is 5.11. The number of benzene rings is 2. The van der Waals surface area contributed by atoms with Gasteiger partial charge in [-0.15, -0.1) is 0 Å². The largest absolute Gasteiger partial charge is 0.344 e. The molecule has 0 spiro atoms. The number of hydrogen-bond acceptors (Lipinski definition) is 5. The van der Waals surface area contributed by atoms with Gasteiger partial charge in [0.05, 0.1) is 15.7 Å². The summed E-state index contributed by atoms with van der Waals surface area (Å²) in [6.07, 6.45) is 0. The predicted octanol–water partition coefficient (Wildman–Crippen LogP) is 3.27. The van der Waals surface area contributed by atoms with Crippen molar-refractivity contribution in [2.45, 2.75) is 16.9 Å². The van der Waals surface area contributed by atoms with E-state index in [9.17, 15) is 12.6 Å². The number of aromatic nitrogens is 1. The number of sulfonamides is 1. The highest BCUT2D eigenvalue weighted by molar-refractivity contribution is 7.92. The maximum Gasteiger partial charge on any atom is 0.262 e. The molecule has 130 valence electrons. The molecule has 1 aromatic heterocycles. The lowest BCUT2D eigenvalue weighted by atomic mass is 10.1. The molecule has 0 fully saturated rings. The molecule has 0 aliphatic rings. The van der Waals surface area contributed by atoms with Crippen molar-refractivity contribution in [1.82, 2.24) is 5.16 Å². The Hall–Kier alpha value is -2.45. The van der Waals surface area contributed by atoms with Crippen molar-refractivity contribution in [1.29, 1.82) is 0 Å². The highest BCUT2D eigenvalue weighted by atomic mass is 32.2. The number of nitrogens with zero attached hydrogens (tertiary/aromatic N) is 1. The van der Waals surface area contributed by atoms with E-state index in [2.05, 4.69) is 9.88 Å². The van der Waals surface area contributed by atoms with E-state index < -0.39 is 20.8 Å². The van der Waals surface area contributed by atoms with Crippen LogP contribution in [0.1, 0.15) is 6.92 Å². The predicted molar refractivity (Wildman–Crippen MR) is 96.1 cm³/mol. The third-order valence-corrected chi connectivity index (χ3v) is 6.05. The van der Waals surface area contributed by atoms with Crippen LogP contribution in [0, 0.1) is 0 Å². The van der Waals surface area contributed by atoms with Crippen molar-refractivity contribution < 1.29 is 17.1 Å². The Morgan fingerprint density at radius 2 is 1.64 bits per heavy atom. The quantitative estimate of drug-likeness (QED) is 0.713. The Morgan fingerprint density at radius 1 is 1.04 bits per heavy atom. The summed E-state index contributed by atoms with van der Waals surface area (Å²) in [6, 6.07) is 16.9. The van der Waals surface area contributed by atoms with Crippen LogP contribution in [0.3, 0.4) is 0 Å². The van der Waals surface area contributed by atoms with Crippen molar-refractivity contribution in [3.8, 4) is 11.3 Å². The normalized spacial score (nSPS) is 12.7.